The average Bonchev–Trinajstić information content (AvgIpc) is 2.37. The first-order valence-electron chi connectivity index (χ1n) is 5.03. The lowest BCUT2D eigenvalue weighted by molar-refractivity contribution is -0.384. The van der Waals surface area contributed by atoms with Crippen molar-refractivity contribution in [3.63, 3.8) is 0 Å². The van der Waals surface area contributed by atoms with Crippen molar-refractivity contribution in [1.82, 2.24) is 9.97 Å². The average molecular weight is 284 g/mol. The Morgan fingerprint density at radius 1 is 1.42 bits per heavy atom. The summed E-state index contributed by atoms with van der Waals surface area (Å²) < 4.78 is 18.3. The Morgan fingerprint density at radius 3 is 2.79 bits per heavy atom. The second kappa shape index (κ2) is 5.15. The maximum Gasteiger partial charge on any atom is 0.332 e. The van der Waals surface area contributed by atoms with Crippen LogP contribution in [0.3, 0.4) is 0 Å². The number of methoxy groups -OCH3 is 1. The molecule has 0 N–H and O–H groups in total. The number of ether oxygens (including phenoxy) is 1. The molecule has 0 aliphatic rings. The molecule has 2 aromatic rings. The number of aromatic nitrogens is 2. The lowest BCUT2D eigenvalue weighted by Gasteiger charge is -2.08. The fourth-order valence-corrected chi connectivity index (χ4v) is 1.78. The predicted octanol–water partition coefficient (Wildman–Crippen LogP) is 2.85. The monoisotopic (exact) mass is 283 g/mol. The molecule has 1 heterocycles. The second-order valence-electron chi connectivity index (χ2n) is 3.46. The normalized spacial score (nSPS) is 10.3. The molecule has 0 saturated heterocycles. The van der Waals surface area contributed by atoms with Crippen molar-refractivity contribution < 1.29 is 14.1 Å². The Kier molecular flexibility index (Phi) is 3.57. The molecule has 0 spiro atoms. The zero-order valence-electron chi connectivity index (χ0n) is 9.63. The van der Waals surface area contributed by atoms with E-state index >= 15 is 0 Å². The number of hydrogen-bond acceptors (Lipinski definition) is 5. The van der Waals surface area contributed by atoms with Gasteiger partial charge >= 0.3 is 5.69 Å². The van der Waals surface area contributed by atoms with Gasteiger partial charge in [-0.3, -0.25) is 10.1 Å². The van der Waals surface area contributed by atoms with Crippen molar-refractivity contribution in [2.24, 2.45) is 0 Å². The Hall–Kier alpha value is -2.28. The van der Waals surface area contributed by atoms with Crippen LogP contribution in [-0.2, 0) is 0 Å². The number of nitro groups is 1. The highest BCUT2D eigenvalue weighted by molar-refractivity contribution is 6.31. The van der Waals surface area contributed by atoms with E-state index < -0.39 is 16.4 Å². The summed E-state index contributed by atoms with van der Waals surface area (Å²) >= 11 is 5.68. The molecule has 0 fully saturated rings. The smallest absolute Gasteiger partial charge is 0.332 e. The zero-order valence-corrected chi connectivity index (χ0v) is 10.4. The van der Waals surface area contributed by atoms with E-state index in [0.29, 0.717) is 0 Å². The van der Waals surface area contributed by atoms with Crippen LogP contribution in [-0.4, -0.2) is 22.0 Å². The van der Waals surface area contributed by atoms with Crippen LogP contribution in [0.15, 0.2) is 24.5 Å². The molecule has 0 bridgehead atoms. The lowest BCUT2D eigenvalue weighted by Crippen LogP contribution is -1.99. The SMILES string of the molecule is COc1ccc(F)cc1-c1ncnc(Cl)c1[N+](=O)[O-]. The first kappa shape index (κ1) is 13.2. The number of rotatable bonds is 3. The minimum Gasteiger partial charge on any atom is -0.496 e. The standard InChI is InChI=1S/C11H7ClFN3O3/c1-19-8-3-2-6(13)4-7(8)9-10(16(17)18)11(12)15-5-14-9/h2-5H,1H3. The number of halogens is 2. The van der Waals surface area contributed by atoms with Gasteiger partial charge in [0, 0.05) is 0 Å². The van der Waals surface area contributed by atoms with Gasteiger partial charge in [-0.05, 0) is 18.2 Å². The minimum atomic E-state index is -0.720. The van der Waals surface area contributed by atoms with Crippen LogP contribution in [0, 0.1) is 15.9 Å². The van der Waals surface area contributed by atoms with Crippen molar-refractivity contribution in [3.05, 3.63) is 45.6 Å². The molecule has 19 heavy (non-hydrogen) atoms. The summed E-state index contributed by atoms with van der Waals surface area (Å²) in [5.74, 6) is -0.320. The van der Waals surface area contributed by atoms with Crippen LogP contribution in [0.5, 0.6) is 5.75 Å². The quantitative estimate of drug-likeness (QED) is 0.492. The van der Waals surface area contributed by atoms with Crippen LogP contribution in [0.25, 0.3) is 11.3 Å². The molecule has 98 valence electrons. The predicted molar refractivity (Wildman–Crippen MR) is 65.6 cm³/mol. The van der Waals surface area contributed by atoms with Crippen molar-refractivity contribution in [1.29, 1.82) is 0 Å². The molecule has 0 aliphatic heterocycles. The number of benzene rings is 1. The Balaban J connectivity index is 2.75. The fraction of sp³-hybridized carbons (Fsp3) is 0.0909. The van der Waals surface area contributed by atoms with Crippen LogP contribution in [0.2, 0.25) is 5.15 Å². The van der Waals surface area contributed by atoms with E-state index in [0.717, 1.165) is 12.4 Å². The summed E-state index contributed by atoms with van der Waals surface area (Å²) in [4.78, 5) is 17.6. The summed E-state index contributed by atoms with van der Waals surface area (Å²) in [7, 11) is 1.37. The van der Waals surface area contributed by atoms with E-state index in [9.17, 15) is 14.5 Å². The molecular weight excluding hydrogens is 277 g/mol. The lowest BCUT2D eigenvalue weighted by atomic mass is 10.1. The van der Waals surface area contributed by atoms with Gasteiger partial charge < -0.3 is 4.74 Å². The van der Waals surface area contributed by atoms with Crippen molar-refractivity contribution >= 4 is 17.3 Å². The third kappa shape index (κ3) is 2.45. The molecule has 8 heteroatoms. The van der Waals surface area contributed by atoms with Gasteiger partial charge in [0.05, 0.1) is 17.6 Å². The number of hydrogen-bond donors (Lipinski definition) is 0. The Labute approximate surface area is 112 Å². The van der Waals surface area contributed by atoms with Gasteiger partial charge in [-0.15, -0.1) is 0 Å². The molecular formula is C11H7ClFN3O3. The molecule has 0 saturated carbocycles. The molecule has 1 aromatic heterocycles. The number of nitrogens with zero attached hydrogens (tertiary/aromatic N) is 3. The van der Waals surface area contributed by atoms with Gasteiger partial charge in [0.1, 0.15) is 17.9 Å². The van der Waals surface area contributed by atoms with Gasteiger partial charge in [-0.25, -0.2) is 14.4 Å². The second-order valence-corrected chi connectivity index (χ2v) is 3.82. The highest BCUT2D eigenvalue weighted by Gasteiger charge is 2.25. The van der Waals surface area contributed by atoms with Crippen molar-refractivity contribution in [3.8, 4) is 17.0 Å². The molecule has 2 rings (SSSR count). The molecule has 0 atom stereocenters. The van der Waals surface area contributed by atoms with E-state index in [1.54, 1.807) is 0 Å². The maximum atomic E-state index is 13.3. The van der Waals surface area contributed by atoms with Crippen LogP contribution < -0.4 is 4.74 Å². The zero-order chi connectivity index (χ0) is 14.0. The van der Waals surface area contributed by atoms with Crippen LogP contribution in [0.4, 0.5) is 10.1 Å². The summed E-state index contributed by atoms with van der Waals surface area (Å²) in [5.41, 5.74) is -0.451. The molecule has 0 amide bonds. The highest BCUT2D eigenvalue weighted by atomic mass is 35.5. The first-order valence-corrected chi connectivity index (χ1v) is 5.41. The first-order chi connectivity index (χ1) is 9.04. The van der Waals surface area contributed by atoms with E-state index in [2.05, 4.69) is 9.97 Å². The molecule has 0 radical (unpaired) electrons. The van der Waals surface area contributed by atoms with E-state index in [-0.39, 0.29) is 22.2 Å². The van der Waals surface area contributed by atoms with Crippen LogP contribution >= 0.6 is 11.6 Å². The molecule has 6 nitrogen and oxygen atoms in total. The summed E-state index contributed by atoms with van der Waals surface area (Å²) in [6, 6.07) is 3.62. The van der Waals surface area contributed by atoms with Crippen molar-refractivity contribution in [2.75, 3.05) is 7.11 Å². The van der Waals surface area contributed by atoms with Crippen LogP contribution in [0.1, 0.15) is 0 Å². The Morgan fingerprint density at radius 2 is 2.16 bits per heavy atom. The van der Waals surface area contributed by atoms with Gasteiger partial charge in [0.2, 0.25) is 5.15 Å². The largest absolute Gasteiger partial charge is 0.496 e. The molecule has 1 aromatic carbocycles. The molecule has 0 unspecified atom stereocenters. The Bertz CT molecular complexity index is 651. The maximum absolute atomic E-state index is 13.3. The fourth-order valence-electron chi connectivity index (χ4n) is 1.58. The van der Waals surface area contributed by atoms with Gasteiger partial charge in [-0.2, -0.15) is 0 Å². The van der Waals surface area contributed by atoms with Gasteiger partial charge in [0.25, 0.3) is 0 Å². The third-order valence-electron chi connectivity index (χ3n) is 2.38. The van der Waals surface area contributed by atoms with E-state index in [1.807, 2.05) is 0 Å². The summed E-state index contributed by atoms with van der Waals surface area (Å²) in [6.45, 7) is 0. The summed E-state index contributed by atoms with van der Waals surface area (Å²) in [6.07, 6.45) is 1.06. The van der Waals surface area contributed by atoms with Crippen molar-refractivity contribution in [2.45, 2.75) is 0 Å². The van der Waals surface area contributed by atoms with Gasteiger partial charge in [0.15, 0.2) is 5.69 Å². The van der Waals surface area contributed by atoms with Gasteiger partial charge in [-0.1, -0.05) is 11.6 Å². The summed E-state index contributed by atoms with van der Waals surface area (Å²) in [5, 5.41) is 10.7. The highest BCUT2D eigenvalue weighted by Crippen LogP contribution is 2.37. The van der Waals surface area contributed by atoms with E-state index in [1.165, 1.54) is 19.2 Å². The minimum absolute atomic E-state index is 0.0960. The third-order valence-corrected chi connectivity index (χ3v) is 2.65. The van der Waals surface area contributed by atoms with E-state index in [4.69, 9.17) is 16.3 Å². The topological polar surface area (TPSA) is 78.2 Å². The molecule has 0 aliphatic carbocycles.